The fourth-order valence-corrected chi connectivity index (χ4v) is 3.69. The summed E-state index contributed by atoms with van der Waals surface area (Å²) in [5, 5.41) is 11.2. The van der Waals surface area contributed by atoms with Crippen molar-refractivity contribution in [2.24, 2.45) is 0 Å². The Kier molecular flexibility index (Phi) is 3.21. The lowest BCUT2D eigenvalue weighted by Gasteiger charge is -2.01. The number of benzene rings is 1. The van der Waals surface area contributed by atoms with Crippen LogP contribution in [0.1, 0.15) is 5.56 Å². The van der Waals surface area contributed by atoms with Crippen LogP contribution in [0.5, 0.6) is 0 Å². The monoisotopic (exact) mass is 229 g/mol. The summed E-state index contributed by atoms with van der Waals surface area (Å²) in [6.45, 7) is 0. The van der Waals surface area contributed by atoms with Gasteiger partial charge in [-0.05, 0) is 11.6 Å². The average molecular weight is 229 g/mol. The van der Waals surface area contributed by atoms with Gasteiger partial charge in [-0.15, -0.1) is 0 Å². The highest BCUT2D eigenvalue weighted by molar-refractivity contribution is 6.57. The lowest BCUT2D eigenvalue weighted by atomic mass is 10.2. The predicted octanol–water partition coefficient (Wildman–Crippen LogP) is 2.67. The Balaban J connectivity index is 2.31. The maximum absolute atomic E-state index is 10.9. The van der Waals surface area contributed by atoms with Gasteiger partial charge in [-0.1, -0.05) is 48.1 Å². The highest BCUT2D eigenvalue weighted by atomic mass is 28.2. The molecule has 0 aliphatic carbocycles. The van der Waals surface area contributed by atoms with Crippen LogP contribution in [0.15, 0.2) is 54.2 Å². The van der Waals surface area contributed by atoms with Crippen molar-refractivity contribution in [1.29, 1.82) is 0 Å². The van der Waals surface area contributed by atoms with E-state index in [4.69, 9.17) is 0 Å². The summed E-state index contributed by atoms with van der Waals surface area (Å²) in [4.78, 5) is 10.6. The minimum atomic E-state index is -1.19. The third-order valence-corrected chi connectivity index (χ3v) is 4.82. The predicted molar refractivity (Wildman–Crippen MR) is 64.6 cm³/mol. The van der Waals surface area contributed by atoms with Crippen molar-refractivity contribution in [3.05, 3.63) is 69.9 Å². The first-order valence-electron chi connectivity index (χ1n) is 5.03. The molecular weight excluding hydrogens is 218 g/mol. The van der Waals surface area contributed by atoms with Crippen LogP contribution in [0.2, 0.25) is 0 Å². The van der Waals surface area contributed by atoms with Crippen LogP contribution in [0.3, 0.4) is 0 Å². The minimum Gasteiger partial charge on any atom is -0.259 e. The van der Waals surface area contributed by atoms with Crippen LogP contribution < -0.4 is 0 Å². The van der Waals surface area contributed by atoms with Crippen LogP contribution in [-0.4, -0.2) is 13.3 Å². The molecule has 16 heavy (non-hydrogen) atoms. The standard InChI is InChI=1S/C12H11NO2Si/c14-13(15)12-8-4-5-9-16(12)10-11-6-2-1-3-7-11/h1-9H,10H2. The van der Waals surface area contributed by atoms with E-state index in [2.05, 4.69) is 0 Å². The summed E-state index contributed by atoms with van der Waals surface area (Å²) < 4.78 is 0. The molecule has 1 heterocycles. The van der Waals surface area contributed by atoms with E-state index in [1.165, 1.54) is 0 Å². The smallest absolute Gasteiger partial charge is 0.235 e. The van der Waals surface area contributed by atoms with Crippen molar-refractivity contribution in [1.82, 2.24) is 0 Å². The van der Waals surface area contributed by atoms with Gasteiger partial charge in [0, 0.05) is 6.07 Å². The Morgan fingerprint density at radius 2 is 1.75 bits per heavy atom. The molecular formula is C12H11NO2Si. The van der Waals surface area contributed by atoms with Crippen molar-refractivity contribution in [3.63, 3.8) is 0 Å². The molecule has 1 aromatic heterocycles. The SMILES string of the molecule is O=[N+]([O-])c1cccc[si]1Cc1ccccc1. The molecule has 1 aromatic carbocycles. The van der Waals surface area contributed by atoms with Gasteiger partial charge in [-0.3, -0.25) is 10.1 Å². The molecule has 2 rings (SSSR count). The van der Waals surface area contributed by atoms with E-state index in [1.807, 2.05) is 42.1 Å². The van der Waals surface area contributed by atoms with Gasteiger partial charge in [0.25, 0.3) is 0 Å². The molecule has 80 valence electrons. The first-order valence-corrected chi connectivity index (χ1v) is 6.82. The molecule has 0 N–H and O–H groups in total. The van der Waals surface area contributed by atoms with Crippen molar-refractivity contribution in [3.8, 4) is 0 Å². The van der Waals surface area contributed by atoms with E-state index >= 15 is 0 Å². The average Bonchev–Trinajstić information content (AvgIpc) is 2.31. The lowest BCUT2D eigenvalue weighted by molar-refractivity contribution is -0.381. The normalized spacial score (nSPS) is 10.0. The van der Waals surface area contributed by atoms with Crippen molar-refractivity contribution in [2.45, 2.75) is 6.04 Å². The molecule has 0 saturated heterocycles. The maximum Gasteiger partial charge on any atom is 0.235 e. The van der Waals surface area contributed by atoms with Crippen LogP contribution >= 0.6 is 0 Å². The van der Waals surface area contributed by atoms with Crippen molar-refractivity contribution in [2.75, 3.05) is 0 Å². The van der Waals surface area contributed by atoms with Crippen LogP contribution in [-0.2, 0) is 6.04 Å². The highest BCUT2D eigenvalue weighted by Gasteiger charge is 2.12. The van der Waals surface area contributed by atoms with Crippen molar-refractivity contribution < 1.29 is 4.92 Å². The van der Waals surface area contributed by atoms with E-state index in [-0.39, 0.29) is 4.92 Å². The summed E-state index contributed by atoms with van der Waals surface area (Å²) in [7, 11) is -1.19. The van der Waals surface area contributed by atoms with Crippen LogP contribution in [0.4, 0.5) is 5.30 Å². The molecule has 2 aromatic rings. The second kappa shape index (κ2) is 4.81. The number of nitrogens with zero attached hydrogens (tertiary/aromatic N) is 1. The van der Waals surface area contributed by atoms with Gasteiger partial charge in [-0.2, -0.15) is 0 Å². The summed E-state index contributed by atoms with van der Waals surface area (Å²) in [6, 6.07) is 16.0. The Bertz CT molecular complexity index is 499. The summed E-state index contributed by atoms with van der Waals surface area (Å²) in [5.74, 6) is 0. The van der Waals surface area contributed by atoms with Crippen molar-refractivity contribution >= 4 is 13.7 Å². The minimum absolute atomic E-state index is 0.253. The molecule has 0 fully saturated rings. The molecule has 0 aliphatic heterocycles. The second-order valence-corrected chi connectivity index (χ2v) is 5.80. The van der Waals surface area contributed by atoms with E-state index in [9.17, 15) is 10.1 Å². The molecule has 0 amide bonds. The summed E-state index contributed by atoms with van der Waals surface area (Å²) in [6.07, 6.45) is 0. The largest absolute Gasteiger partial charge is 0.259 e. The first-order chi connectivity index (χ1) is 7.77. The zero-order valence-corrected chi connectivity index (χ0v) is 9.67. The molecule has 4 heteroatoms. The van der Waals surface area contributed by atoms with Gasteiger partial charge >= 0.3 is 0 Å². The van der Waals surface area contributed by atoms with Crippen LogP contribution in [0.25, 0.3) is 0 Å². The molecule has 0 unspecified atom stereocenters. The van der Waals surface area contributed by atoms with Gasteiger partial charge in [0.2, 0.25) is 5.30 Å². The molecule has 0 saturated carbocycles. The van der Waals surface area contributed by atoms with E-state index < -0.39 is 8.40 Å². The molecule has 0 atom stereocenters. The summed E-state index contributed by atoms with van der Waals surface area (Å²) >= 11 is 0. The molecule has 3 nitrogen and oxygen atoms in total. The zero-order valence-electron chi connectivity index (χ0n) is 8.67. The lowest BCUT2D eigenvalue weighted by Crippen LogP contribution is -2.07. The van der Waals surface area contributed by atoms with E-state index in [0.29, 0.717) is 5.30 Å². The second-order valence-electron chi connectivity index (χ2n) is 3.55. The third-order valence-electron chi connectivity index (χ3n) is 2.43. The van der Waals surface area contributed by atoms with E-state index in [0.717, 1.165) is 11.6 Å². The quantitative estimate of drug-likeness (QED) is 0.461. The topological polar surface area (TPSA) is 43.1 Å². The van der Waals surface area contributed by atoms with Gasteiger partial charge in [-0.25, -0.2) is 0 Å². The van der Waals surface area contributed by atoms with Gasteiger partial charge in [0.05, 0.1) is 4.92 Å². The molecule has 0 aliphatic rings. The molecule has 0 bridgehead atoms. The Morgan fingerprint density at radius 3 is 2.44 bits per heavy atom. The van der Waals surface area contributed by atoms with E-state index in [1.54, 1.807) is 12.1 Å². The Hall–Kier alpha value is -1.81. The third kappa shape index (κ3) is 2.40. The number of nitro groups is 1. The first kappa shape index (κ1) is 10.7. The Morgan fingerprint density at radius 1 is 1.06 bits per heavy atom. The number of rotatable bonds is 3. The Labute approximate surface area is 95.0 Å². The molecule has 0 radical (unpaired) electrons. The fourth-order valence-electron chi connectivity index (χ4n) is 1.65. The van der Waals surface area contributed by atoms with Gasteiger partial charge in [0.15, 0.2) is 0 Å². The summed E-state index contributed by atoms with van der Waals surface area (Å²) in [5.41, 5.74) is 3.14. The molecule has 0 spiro atoms. The maximum atomic E-state index is 10.9. The number of hydrogen-bond acceptors (Lipinski definition) is 2. The van der Waals surface area contributed by atoms with Gasteiger partial charge in [0.1, 0.15) is 8.40 Å². The van der Waals surface area contributed by atoms with Crippen LogP contribution in [0, 0.1) is 10.1 Å². The highest BCUT2D eigenvalue weighted by Crippen LogP contribution is 2.12. The number of hydrogen-bond donors (Lipinski definition) is 0. The fraction of sp³-hybridized carbons (Fsp3) is 0.0833. The van der Waals surface area contributed by atoms with Gasteiger partial charge < -0.3 is 0 Å². The zero-order chi connectivity index (χ0) is 11.4.